The SMILES string of the molecule is CC(C)N1CCC(NC(=O)Nc2ccccc2C(=O)Nc2ccc(Cl)cn2)C1.Cl. The summed E-state index contributed by atoms with van der Waals surface area (Å²) in [5.41, 5.74) is 0.787. The molecule has 0 radical (unpaired) electrons. The molecule has 1 aromatic heterocycles. The Morgan fingerprint density at radius 2 is 1.93 bits per heavy atom. The van der Waals surface area contributed by atoms with E-state index < -0.39 is 0 Å². The third-order valence-electron chi connectivity index (χ3n) is 4.67. The fraction of sp³-hybridized carbons (Fsp3) is 0.350. The van der Waals surface area contributed by atoms with Crippen LogP contribution < -0.4 is 16.0 Å². The summed E-state index contributed by atoms with van der Waals surface area (Å²) in [5.74, 6) is 0.0194. The molecule has 1 aromatic carbocycles. The summed E-state index contributed by atoms with van der Waals surface area (Å²) in [6.45, 7) is 6.09. The van der Waals surface area contributed by atoms with Crippen LogP contribution in [0.1, 0.15) is 30.6 Å². The first-order valence-corrected chi connectivity index (χ1v) is 9.63. The number of anilines is 2. The van der Waals surface area contributed by atoms with E-state index in [9.17, 15) is 9.59 Å². The lowest BCUT2D eigenvalue weighted by atomic mass is 10.1. The number of amides is 3. The van der Waals surface area contributed by atoms with Gasteiger partial charge in [-0.1, -0.05) is 23.7 Å². The second-order valence-electron chi connectivity index (χ2n) is 7.03. The molecule has 7 nitrogen and oxygen atoms in total. The Balaban J connectivity index is 0.00000300. The summed E-state index contributed by atoms with van der Waals surface area (Å²) in [4.78, 5) is 31.4. The first-order valence-electron chi connectivity index (χ1n) is 9.26. The van der Waals surface area contributed by atoms with Crippen LogP contribution in [-0.4, -0.2) is 47.0 Å². The van der Waals surface area contributed by atoms with Crippen molar-refractivity contribution in [3.05, 3.63) is 53.2 Å². The molecule has 3 N–H and O–H groups in total. The minimum Gasteiger partial charge on any atom is -0.334 e. The van der Waals surface area contributed by atoms with E-state index in [2.05, 4.69) is 39.7 Å². The highest BCUT2D eigenvalue weighted by molar-refractivity contribution is 6.30. The molecular formula is C20H25Cl2N5O2. The Labute approximate surface area is 181 Å². The molecule has 1 fully saturated rings. The number of pyridine rings is 1. The molecule has 156 valence electrons. The summed E-state index contributed by atoms with van der Waals surface area (Å²) in [6.07, 6.45) is 2.37. The number of halogens is 2. The van der Waals surface area contributed by atoms with Gasteiger partial charge in [0.25, 0.3) is 5.91 Å². The van der Waals surface area contributed by atoms with Crippen molar-refractivity contribution in [3.8, 4) is 0 Å². The van der Waals surface area contributed by atoms with Gasteiger partial charge in [0.1, 0.15) is 5.82 Å². The minimum atomic E-state index is -0.363. The van der Waals surface area contributed by atoms with E-state index in [1.165, 1.54) is 6.20 Å². The third kappa shape index (κ3) is 6.32. The van der Waals surface area contributed by atoms with Crippen LogP contribution in [0.3, 0.4) is 0 Å². The molecule has 0 spiro atoms. The number of carbonyl (C=O) groups excluding carboxylic acids is 2. The molecule has 0 bridgehead atoms. The maximum atomic E-state index is 12.6. The summed E-state index contributed by atoms with van der Waals surface area (Å²) >= 11 is 5.81. The lowest BCUT2D eigenvalue weighted by molar-refractivity contribution is 0.102. The number of para-hydroxylation sites is 1. The molecule has 0 aliphatic carbocycles. The average Bonchev–Trinajstić information content (AvgIpc) is 3.12. The standard InChI is InChI=1S/C20H24ClN5O2.ClH/c1-13(2)26-10-9-15(12-26)23-20(28)24-17-6-4-3-5-16(17)19(27)25-18-8-7-14(21)11-22-18;/h3-8,11,13,15H,9-10,12H2,1-2H3,(H,22,25,27)(H2,23,24,28);1H. The van der Waals surface area contributed by atoms with Gasteiger partial charge in [0.2, 0.25) is 0 Å². The number of aromatic nitrogens is 1. The third-order valence-corrected chi connectivity index (χ3v) is 4.90. The van der Waals surface area contributed by atoms with Gasteiger partial charge in [0.05, 0.1) is 16.3 Å². The van der Waals surface area contributed by atoms with Gasteiger partial charge >= 0.3 is 6.03 Å². The lowest BCUT2D eigenvalue weighted by Gasteiger charge is -2.20. The summed E-state index contributed by atoms with van der Waals surface area (Å²) in [5, 5.41) is 8.96. The van der Waals surface area contributed by atoms with Crippen LogP contribution in [0.2, 0.25) is 5.02 Å². The van der Waals surface area contributed by atoms with E-state index in [1.54, 1.807) is 36.4 Å². The zero-order valence-electron chi connectivity index (χ0n) is 16.3. The van der Waals surface area contributed by atoms with Crippen molar-refractivity contribution in [1.29, 1.82) is 0 Å². The van der Waals surface area contributed by atoms with E-state index in [0.717, 1.165) is 19.5 Å². The van der Waals surface area contributed by atoms with Crippen molar-refractivity contribution in [2.24, 2.45) is 0 Å². The van der Waals surface area contributed by atoms with Crippen LogP contribution in [0.5, 0.6) is 0 Å². The minimum absolute atomic E-state index is 0. The van der Waals surface area contributed by atoms with E-state index >= 15 is 0 Å². The molecule has 1 unspecified atom stereocenters. The quantitative estimate of drug-likeness (QED) is 0.659. The molecule has 2 heterocycles. The molecule has 1 aliphatic rings. The summed E-state index contributed by atoms with van der Waals surface area (Å²) < 4.78 is 0. The van der Waals surface area contributed by atoms with Gasteiger partial charge in [-0.25, -0.2) is 9.78 Å². The van der Waals surface area contributed by atoms with Gasteiger partial charge in [-0.15, -0.1) is 12.4 Å². The fourth-order valence-electron chi connectivity index (χ4n) is 3.14. The van der Waals surface area contributed by atoms with Crippen molar-refractivity contribution in [2.75, 3.05) is 23.7 Å². The topological polar surface area (TPSA) is 86.4 Å². The van der Waals surface area contributed by atoms with Gasteiger partial charge in [-0.05, 0) is 44.5 Å². The van der Waals surface area contributed by atoms with Gasteiger partial charge in [-0.3, -0.25) is 9.69 Å². The van der Waals surface area contributed by atoms with Crippen molar-refractivity contribution in [3.63, 3.8) is 0 Å². The van der Waals surface area contributed by atoms with Crippen LogP contribution in [0, 0.1) is 0 Å². The Kier molecular flexibility index (Phi) is 8.25. The van der Waals surface area contributed by atoms with Crippen molar-refractivity contribution < 1.29 is 9.59 Å². The van der Waals surface area contributed by atoms with Gasteiger partial charge in [0.15, 0.2) is 0 Å². The molecule has 2 aromatic rings. The molecule has 1 aliphatic heterocycles. The van der Waals surface area contributed by atoms with Crippen LogP contribution in [0.15, 0.2) is 42.6 Å². The maximum Gasteiger partial charge on any atom is 0.319 e. The zero-order valence-corrected chi connectivity index (χ0v) is 17.9. The largest absolute Gasteiger partial charge is 0.334 e. The molecule has 29 heavy (non-hydrogen) atoms. The first kappa shape index (κ1) is 22.9. The molecule has 9 heteroatoms. The Morgan fingerprint density at radius 3 is 2.59 bits per heavy atom. The molecule has 1 atom stereocenters. The predicted molar refractivity (Wildman–Crippen MR) is 118 cm³/mol. The van der Waals surface area contributed by atoms with Gasteiger partial charge < -0.3 is 16.0 Å². The molecule has 0 saturated carbocycles. The second kappa shape index (κ2) is 10.4. The zero-order chi connectivity index (χ0) is 20.1. The fourth-order valence-corrected chi connectivity index (χ4v) is 3.25. The van der Waals surface area contributed by atoms with Gasteiger partial charge in [-0.2, -0.15) is 0 Å². The van der Waals surface area contributed by atoms with E-state index in [-0.39, 0.29) is 30.4 Å². The van der Waals surface area contributed by atoms with Crippen LogP contribution in [-0.2, 0) is 0 Å². The number of nitrogens with zero attached hydrogens (tertiary/aromatic N) is 2. The lowest BCUT2D eigenvalue weighted by Crippen LogP contribution is -2.40. The van der Waals surface area contributed by atoms with Crippen molar-refractivity contribution in [2.45, 2.75) is 32.4 Å². The molecular weight excluding hydrogens is 413 g/mol. The van der Waals surface area contributed by atoms with Gasteiger partial charge in [0, 0.05) is 31.4 Å². The van der Waals surface area contributed by atoms with Crippen LogP contribution in [0.4, 0.5) is 16.3 Å². The Bertz CT molecular complexity index is 845. The smallest absolute Gasteiger partial charge is 0.319 e. The number of nitrogens with one attached hydrogen (secondary N) is 3. The number of hydrogen-bond acceptors (Lipinski definition) is 4. The Morgan fingerprint density at radius 1 is 1.17 bits per heavy atom. The highest BCUT2D eigenvalue weighted by Gasteiger charge is 2.25. The number of carbonyl (C=O) groups is 2. The maximum absolute atomic E-state index is 12.6. The van der Waals surface area contributed by atoms with Crippen LogP contribution in [0.25, 0.3) is 0 Å². The van der Waals surface area contributed by atoms with Crippen molar-refractivity contribution in [1.82, 2.24) is 15.2 Å². The van der Waals surface area contributed by atoms with E-state index in [1.807, 2.05) is 0 Å². The molecule has 3 amide bonds. The summed E-state index contributed by atoms with van der Waals surface area (Å²) in [6, 6.07) is 10.3. The monoisotopic (exact) mass is 437 g/mol. The van der Waals surface area contributed by atoms with Crippen molar-refractivity contribution >= 4 is 47.5 Å². The second-order valence-corrected chi connectivity index (χ2v) is 7.47. The Hall–Kier alpha value is -2.35. The number of likely N-dealkylation sites (tertiary alicyclic amines) is 1. The molecule has 1 saturated heterocycles. The average molecular weight is 438 g/mol. The van der Waals surface area contributed by atoms with E-state index in [0.29, 0.717) is 28.1 Å². The summed E-state index contributed by atoms with van der Waals surface area (Å²) in [7, 11) is 0. The highest BCUT2D eigenvalue weighted by Crippen LogP contribution is 2.18. The number of urea groups is 1. The number of rotatable bonds is 5. The normalized spacial score (nSPS) is 16.2. The first-order chi connectivity index (χ1) is 13.4. The number of hydrogen-bond donors (Lipinski definition) is 3. The predicted octanol–water partition coefficient (Wildman–Crippen LogP) is 4.01. The highest BCUT2D eigenvalue weighted by atomic mass is 35.5. The van der Waals surface area contributed by atoms with E-state index in [4.69, 9.17) is 11.6 Å². The number of benzene rings is 1. The molecule has 3 rings (SSSR count). The van der Waals surface area contributed by atoms with Crippen LogP contribution >= 0.6 is 24.0 Å².